The van der Waals surface area contributed by atoms with Gasteiger partial charge in [-0.2, -0.15) is 13.2 Å². The lowest BCUT2D eigenvalue weighted by molar-refractivity contribution is -0.171. The summed E-state index contributed by atoms with van der Waals surface area (Å²) in [4.78, 5) is 40.0. The maximum atomic E-state index is 13.4. The molecule has 30 heavy (non-hydrogen) atoms. The Labute approximate surface area is 171 Å². The van der Waals surface area contributed by atoms with Crippen molar-refractivity contribution in [2.24, 2.45) is 35.5 Å². The molecule has 0 aromatic heterocycles. The average molecular weight is 418 g/mol. The predicted octanol–water partition coefficient (Wildman–Crippen LogP) is 3.15. The highest BCUT2D eigenvalue weighted by molar-refractivity contribution is 6.07. The molecule has 0 unspecified atom stereocenters. The molecule has 0 radical (unpaired) electrons. The van der Waals surface area contributed by atoms with Crippen LogP contribution >= 0.6 is 0 Å². The van der Waals surface area contributed by atoms with E-state index in [9.17, 15) is 27.6 Å². The van der Waals surface area contributed by atoms with Gasteiger partial charge in [-0.15, -0.1) is 0 Å². The van der Waals surface area contributed by atoms with Gasteiger partial charge in [-0.1, -0.05) is 37.3 Å². The second-order valence-corrected chi connectivity index (χ2v) is 8.61. The van der Waals surface area contributed by atoms with Crippen LogP contribution in [0.1, 0.15) is 18.9 Å². The number of hydrogen-bond acceptors (Lipinski definition) is 3. The van der Waals surface area contributed by atoms with Gasteiger partial charge in [-0.25, -0.2) is 0 Å². The third-order valence-corrected chi connectivity index (χ3v) is 7.19. The number of alkyl halides is 3. The predicted molar refractivity (Wildman–Crippen MR) is 101 cm³/mol. The number of carbonyl (C=O) groups is 3. The first-order valence-electron chi connectivity index (χ1n) is 10.2. The number of amides is 3. The lowest BCUT2D eigenvalue weighted by Crippen LogP contribution is -2.49. The van der Waals surface area contributed by atoms with E-state index < -0.39 is 42.4 Å². The molecule has 5 aliphatic rings. The van der Waals surface area contributed by atoms with Crippen LogP contribution in [0, 0.1) is 35.5 Å². The molecule has 2 bridgehead atoms. The summed E-state index contributed by atoms with van der Waals surface area (Å²) in [6.45, 7) is 1.06. The number of hydrogen-bond donors (Lipinski definition) is 0. The summed E-state index contributed by atoms with van der Waals surface area (Å²) in [5.74, 6) is -3.28. The molecule has 5 nitrogen and oxygen atoms in total. The zero-order valence-electron chi connectivity index (χ0n) is 16.3. The molecule has 1 heterocycles. The summed E-state index contributed by atoms with van der Waals surface area (Å²) >= 11 is 0. The van der Waals surface area contributed by atoms with Crippen molar-refractivity contribution >= 4 is 23.4 Å². The number of benzene rings is 1. The molecule has 4 aliphatic carbocycles. The van der Waals surface area contributed by atoms with Gasteiger partial charge in [-0.05, 0) is 48.1 Å². The van der Waals surface area contributed by atoms with Crippen LogP contribution in [-0.4, -0.2) is 35.5 Å². The third-order valence-electron chi connectivity index (χ3n) is 7.19. The highest BCUT2D eigenvalue weighted by atomic mass is 19.4. The van der Waals surface area contributed by atoms with Crippen molar-refractivity contribution in [1.29, 1.82) is 0 Å². The Morgan fingerprint density at radius 2 is 1.63 bits per heavy atom. The van der Waals surface area contributed by atoms with Crippen LogP contribution in [0.4, 0.5) is 18.9 Å². The van der Waals surface area contributed by atoms with Crippen molar-refractivity contribution in [3.05, 3.63) is 42.0 Å². The SMILES string of the molecule is CCc1ccccc1N(CN1C(=O)[C@@H]2[C@H]3C=C[C@H]([C@H]4C[C@H]34)[C@@H]2C1=O)C(=O)C(F)(F)F. The maximum absolute atomic E-state index is 13.4. The quantitative estimate of drug-likeness (QED) is 0.558. The van der Waals surface area contributed by atoms with Gasteiger partial charge >= 0.3 is 12.1 Å². The number of imide groups is 1. The smallest absolute Gasteiger partial charge is 0.286 e. The molecule has 2 saturated carbocycles. The van der Waals surface area contributed by atoms with Crippen LogP contribution in [0.15, 0.2) is 36.4 Å². The van der Waals surface area contributed by atoms with Gasteiger partial charge in [0.2, 0.25) is 11.8 Å². The highest BCUT2D eigenvalue weighted by Gasteiger charge is 2.67. The Morgan fingerprint density at radius 1 is 1.07 bits per heavy atom. The Kier molecular flexibility index (Phi) is 4.14. The molecule has 158 valence electrons. The van der Waals surface area contributed by atoms with Crippen LogP contribution < -0.4 is 4.90 Å². The molecule has 6 atom stereocenters. The van der Waals surface area contributed by atoms with Gasteiger partial charge in [0.15, 0.2) is 0 Å². The molecule has 1 aromatic carbocycles. The van der Waals surface area contributed by atoms with E-state index in [1.165, 1.54) is 12.1 Å². The van der Waals surface area contributed by atoms with Crippen LogP contribution in [0.2, 0.25) is 0 Å². The van der Waals surface area contributed by atoms with E-state index >= 15 is 0 Å². The molecule has 3 amide bonds. The van der Waals surface area contributed by atoms with Gasteiger partial charge in [-0.3, -0.25) is 24.2 Å². The molecule has 8 heteroatoms. The molecule has 3 fully saturated rings. The van der Waals surface area contributed by atoms with E-state index in [1.807, 2.05) is 12.2 Å². The van der Waals surface area contributed by atoms with E-state index in [-0.39, 0.29) is 17.5 Å². The summed E-state index contributed by atoms with van der Waals surface area (Å²) in [6.07, 6.45) is 0.280. The second kappa shape index (κ2) is 6.43. The van der Waals surface area contributed by atoms with Gasteiger partial charge in [0.1, 0.15) is 6.67 Å². The minimum atomic E-state index is -5.12. The van der Waals surface area contributed by atoms with E-state index in [0.717, 1.165) is 11.3 Å². The van der Waals surface area contributed by atoms with Crippen molar-refractivity contribution in [3.8, 4) is 0 Å². The number of nitrogens with zero attached hydrogens (tertiary/aromatic N) is 2. The molecule has 1 aromatic rings. The minimum Gasteiger partial charge on any atom is -0.286 e. The molecular weight excluding hydrogens is 397 g/mol. The number of allylic oxidation sites excluding steroid dienone is 2. The van der Waals surface area contributed by atoms with Gasteiger partial charge in [0, 0.05) is 5.69 Å². The second-order valence-electron chi connectivity index (χ2n) is 8.61. The van der Waals surface area contributed by atoms with Crippen LogP contribution in [0.5, 0.6) is 0 Å². The Hall–Kier alpha value is -2.64. The van der Waals surface area contributed by atoms with E-state index in [4.69, 9.17) is 0 Å². The average Bonchev–Trinajstić information content (AvgIpc) is 3.51. The van der Waals surface area contributed by atoms with Crippen molar-refractivity contribution in [2.45, 2.75) is 25.9 Å². The van der Waals surface area contributed by atoms with E-state index in [0.29, 0.717) is 28.7 Å². The summed E-state index contributed by atoms with van der Waals surface area (Å²) in [6, 6.07) is 6.27. The Bertz CT molecular complexity index is 937. The number of halogens is 3. The lowest BCUT2D eigenvalue weighted by atomic mass is 9.63. The Morgan fingerprint density at radius 3 is 2.17 bits per heavy atom. The Balaban J connectivity index is 1.49. The van der Waals surface area contributed by atoms with Crippen LogP contribution in [0.3, 0.4) is 0 Å². The normalized spacial score (nSPS) is 33.5. The minimum absolute atomic E-state index is 0.0267. The number of aryl methyl sites for hydroxylation is 1. The fourth-order valence-electron chi connectivity index (χ4n) is 5.78. The van der Waals surface area contributed by atoms with Crippen molar-refractivity contribution in [2.75, 3.05) is 11.6 Å². The molecule has 0 spiro atoms. The van der Waals surface area contributed by atoms with Crippen molar-refractivity contribution in [1.82, 2.24) is 4.90 Å². The number of para-hydroxylation sites is 1. The molecular formula is C22H21F3N2O3. The van der Waals surface area contributed by atoms with Gasteiger partial charge in [0.05, 0.1) is 11.8 Å². The van der Waals surface area contributed by atoms with Gasteiger partial charge in [0.25, 0.3) is 0 Å². The lowest BCUT2D eigenvalue weighted by Gasteiger charge is -2.37. The largest absolute Gasteiger partial charge is 0.471 e. The standard InChI is InChI=1S/C22H21F3N2O3/c1-2-11-5-3-4-6-16(11)26(21(30)22(23,24)25)10-27-19(28)17-12-7-8-13(15-9-14(12)15)18(17)20(27)29/h3-8,12-15,17-18H,2,9-10H2,1H3/t12-,13+,14-,15-,17+,18-/m1/s1. The van der Waals surface area contributed by atoms with Crippen molar-refractivity contribution < 1.29 is 27.6 Å². The molecule has 1 saturated heterocycles. The molecule has 6 rings (SSSR count). The molecule has 0 N–H and O–H groups in total. The first-order chi connectivity index (χ1) is 14.2. The highest BCUT2D eigenvalue weighted by Crippen LogP contribution is 2.65. The van der Waals surface area contributed by atoms with Crippen molar-refractivity contribution in [3.63, 3.8) is 0 Å². The van der Waals surface area contributed by atoms with E-state index in [1.54, 1.807) is 19.1 Å². The number of carbonyl (C=O) groups excluding carboxylic acids is 3. The number of anilines is 1. The monoisotopic (exact) mass is 418 g/mol. The first-order valence-corrected chi connectivity index (χ1v) is 10.2. The first kappa shape index (κ1) is 19.3. The maximum Gasteiger partial charge on any atom is 0.471 e. The van der Waals surface area contributed by atoms with Crippen LogP contribution in [-0.2, 0) is 20.8 Å². The van der Waals surface area contributed by atoms with Crippen LogP contribution in [0.25, 0.3) is 0 Å². The fourth-order valence-corrected chi connectivity index (χ4v) is 5.78. The summed E-state index contributed by atoms with van der Waals surface area (Å²) in [5, 5.41) is 0. The summed E-state index contributed by atoms with van der Waals surface area (Å²) < 4.78 is 40.2. The molecule has 1 aliphatic heterocycles. The third kappa shape index (κ3) is 2.65. The zero-order chi connectivity index (χ0) is 21.4. The summed E-state index contributed by atoms with van der Waals surface area (Å²) in [5.41, 5.74) is 0.608. The van der Waals surface area contributed by atoms with E-state index in [2.05, 4.69) is 0 Å². The fraction of sp³-hybridized carbons (Fsp3) is 0.500. The topological polar surface area (TPSA) is 57.7 Å². The number of rotatable bonds is 4. The number of likely N-dealkylation sites (tertiary alicyclic amines) is 1. The zero-order valence-corrected chi connectivity index (χ0v) is 16.3. The summed E-state index contributed by atoms with van der Waals surface area (Å²) in [7, 11) is 0. The van der Waals surface area contributed by atoms with Gasteiger partial charge < -0.3 is 0 Å².